The fourth-order valence-corrected chi connectivity index (χ4v) is 3.40. The summed E-state index contributed by atoms with van der Waals surface area (Å²) in [5, 5.41) is 2.94. The van der Waals surface area contributed by atoms with E-state index in [1.807, 2.05) is 17.2 Å². The number of pyridine rings is 1. The molecule has 2 aromatic rings. The number of hydrogen-bond donors (Lipinski definition) is 0. The van der Waals surface area contributed by atoms with Crippen molar-refractivity contribution in [1.82, 2.24) is 9.88 Å². The Balaban J connectivity index is 1.91. The van der Waals surface area contributed by atoms with E-state index >= 15 is 0 Å². The third kappa shape index (κ3) is 2.82. The molecule has 1 aromatic heterocycles. The average molecular weight is 317 g/mol. The van der Waals surface area contributed by atoms with Crippen LogP contribution in [0.15, 0.2) is 24.4 Å². The SMILES string of the molecule is CC(=O)N1CC(Cc2ccc(C(C)C)c3cc(Cl)ncc23)C1. The van der Waals surface area contributed by atoms with Crippen molar-refractivity contribution < 1.29 is 4.79 Å². The first-order valence-electron chi connectivity index (χ1n) is 7.78. The molecule has 1 amide bonds. The molecule has 0 N–H and O–H groups in total. The molecule has 0 spiro atoms. The highest BCUT2D eigenvalue weighted by Crippen LogP contribution is 2.31. The van der Waals surface area contributed by atoms with E-state index in [-0.39, 0.29) is 5.91 Å². The van der Waals surface area contributed by atoms with Crippen LogP contribution in [0.1, 0.15) is 37.8 Å². The van der Waals surface area contributed by atoms with Crippen LogP contribution in [-0.4, -0.2) is 28.9 Å². The van der Waals surface area contributed by atoms with E-state index in [9.17, 15) is 4.79 Å². The molecule has 0 aliphatic carbocycles. The Morgan fingerprint density at radius 2 is 2.09 bits per heavy atom. The number of hydrogen-bond acceptors (Lipinski definition) is 2. The predicted octanol–water partition coefficient (Wildman–Crippen LogP) is 4.03. The van der Waals surface area contributed by atoms with E-state index in [0.717, 1.165) is 19.5 Å². The molecule has 0 bridgehead atoms. The molecular weight excluding hydrogens is 296 g/mol. The second-order valence-electron chi connectivity index (χ2n) is 6.52. The van der Waals surface area contributed by atoms with E-state index in [1.54, 1.807) is 6.92 Å². The Morgan fingerprint density at radius 3 is 2.73 bits per heavy atom. The van der Waals surface area contributed by atoms with E-state index in [0.29, 0.717) is 17.0 Å². The number of carbonyl (C=O) groups excluding carboxylic acids is 1. The quantitative estimate of drug-likeness (QED) is 0.801. The van der Waals surface area contributed by atoms with Crippen LogP contribution in [0.2, 0.25) is 5.15 Å². The Kier molecular flexibility index (Phi) is 4.09. The number of likely N-dealkylation sites (tertiary alicyclic amines) is 1. The number of benzene rings is 1. The maximum absolute atomic E-state index is 11.3. The topological polar surface area (TPSA) is 33.2 Å². The van der Waals surface area contributed by atoms with Gasteiger partial charge in [-0.2, -0.15) is 0 Å². The number of fused-ring (bicyclic) bond motifs is 1. The van der Waals surface area contributed by atoms with Gasteiger partial charge in [-0.1, -0.05) is 37.6 Å². The van der Waals surface area contributed by atoms with Crippen LogP contribution in [-0.2, 0) is 11.2 Å². The van der Waals surface area contributed by atoms with Crippen LogP contribution in [0.4, 0.5) is 0 Å². The number of carbonyl (C=O) groups is 1. The van der Waals surface area contributed by atoms with Gasteiger partial charge in [-0.3, -0.25) is 4.79 Å². The molecule has 0 atom stereocenters. The van der Waals surface area contributed by atoms with Crippen molar-refractivity contribution in [3.8, 4) is 0 Å². The van der Waals surface area contributed by atoms with Crippen LogP contribution < -0.4 is 0 Å². The Bertz CT molecular complexity index is 720. The zero-order valence-corrected chi connectivity index (χ0v) is 14.0. The largest absolute Gasteiger partial charge is 0.342 e. The Labute approximate surface area is 136 Å². The smallest absolute Gasteiger partial charge is 0.219 e. The van der Waals surface area contributed by atoms with Gasteiger partial charge in [0.2, 0.25) is 5.91 Å². The van der Waals surface area contributed by atoms with Gasteiger partial charge in [-0.15, -0.1) is 0 Å². The van der Waals surface area contributed by atoms with Crippen LogP contribution in [0.5, 0.6) is 0 Å². The lowest BCUT2D eigenvalue weighted by atomic mass is 9.87. The van der Waals surface area contributed by atoms with Crippen molar-refractivity contribution in [2.24, 2.45) is 5.92 Å². The Hall–Kier alpha value is -1.61. The maximum atomic E-state index is 11.3. The first kappa shape index (κ1) is 15.3. The van der Waals surface area contributed by atoms with Crippen LogP contribution in [0.3, 0.4) is 0 Å². The summed E-state index contributed by atoms with van der Waals surface area (Å²) in [5.41, 5.74) is 2.61. The van der Waals surface area contributed by atoms with Gasteiger partial charge in [-0.05, 0) is 40.8 Å². The normalized spacial score (nSPS) is 15.4. The molecular formula is C18H21ClN2O. The van der Waals surface area contributed by atoms with Gasteiger partial charge < -0.3 is 4.90 Å². The molecule has 1 aliphatic heterocycles. The maximum Gasteiger partial charge on any atom is 0.219 e. The van der Waals surface area contributed by atoms with Gasteiger partial charge in [0.05, 0.1) is 0 Å². The highest BCUT2D eigenvalue weighted by Gasteiger charge is 2.29. The van der Waals surface area contributed by atoms with Gasteiger partial charge in [0.1, 0.15) is 5.15 Å². The third-order valence-electron chi connectivity index (χ3n) is 4.52. The summed E-state index contributed by atoms with van der Waals surface area (Å²) in [4.78, 5) is 17.5. The average Bonchev–Trinajstić information content (AvgIpc) is 2.40. The minimum atomic E-state index is 0.171. The fourth-order valence-electron chi connectivity index (χ4n) is 3.24. The molecule has 0 unspecified atom stereocenters. The zero-order chi connectivity index (χ0) is 15.9. The minimum Gasteiger partial charge on any atom is -0.342 e. The zero-order valence-electron chi connectivity index (χ0n) is 13.3. The van der Waals surface area contributed by atoms with Gasteiger partial charge in [0, 0.05) is 31.6 Å². The molecule has 1 aromatic carbocycles. The number of amides is 1. The molecule has 1 fully saturated rings. The van der Waals surface area contributed by atoms with Gasteiger partial charge in [0.25, 0.3) is 0 Å². The van der Waals surface area contributed by atoms with E-state index in [1.165, 1.54) is 21.9 Å². The highest BCUT2D eigenvalue weighted by molar-refractivity contribution is 6.30. The summed E-state index contributed by atoms with van der Waals surface area (Å²) < 4.78 is 0. The van der Waals surface area contributed by atoms with E-state index in [2.05, 4.69) is 31.0 Å². The summed E-state index contributed by atoms with van der Waals surface area (Å²) in [5.74, 6) is 1.17. The Morgan fingerprint density at radius 1 is 1.36 bits per heavy atom. The van der Waals surface area contributed by atoms with Gasteiger partial charge in [0.15, 0.2) is 0 Å². The third-order valence-corrected chi connectivity index (χ3v) is 4.73. The predicted molar refractivity (Wildman–Crippen MR) is 90.3 cm³/mol. The summed E-state index contributed by atoms with van der Waals surface area (Å²) in [6.45, 7) is 7.75. The van der Waals surface area contributed by atoms with Gasteiger partial charge in [-0.25, -0.2) is 4.98 Å². The van der Waals surface area contributed by atoms with Crippen LogP contribution in [0.25, 0.3) is 10.8 Å². The summed E-state index contributed by atoms with van der Waals surface area (Å²) in [6, 6.07) is 6.39. The molecule has 1 aliphatic rings. The van der Waals surface area contributed by atoms with Crippen molar-refractivity contribution in [3.63, 3.8) is 0 Å². The molecule has 22 heavy (non-hydrogen) atoms. The lowest BCUT2D eigenvalue weighted by Crippen LogP contribution is -2.49. The summed E-state index contributed by atoms with van der Waals surface area (Å²) in [7, 11) is 0. The van der Waals surface area contributed by atoms with Crippen molar-refractivity contribution in [3.05, 3.63) is 40.7 Å². The molecule has 116 valence electrons. The lowest BCUT2D eigenvalue weighted by Gasteiger charge is -2.39. The monoisotopic (exact) mass is 316 g/mol. The molecule has 2 heterocycles. The number of halogens is 1. The molecule has 1 saturated heterocycles. The molecule has 4 heteroatoms. The number of aromatic nitrogens is 1. The first-order valence-corrected chi connectivity index (χ1v) is 8.16. The molecule has 3 rings (SSSR count). The fraction of sp³-hybridized carbons (Fsp3) is 0.444. The van der Waals surface area contributed by atoms with Crippen molar-refractivity contribution in [2.75, 3.05) is 13.1 Å². The molecule has 3 nitrogen and oxygen atoms in total. The van der Waals surface area contributed by atoms with Crippen LogP contribution >= 0.6 is 11.6 Å². The second kappa shape index (κ2) is 5.88. The number of rotatable bonds is 3. The lowest BCUT2D eigenvalue weighted by molar-refractivity contribution is -0.134. The van der Waals surface area contributed by atoms with Crippen molar-refractivity contribution >= 4 is 28.3 Å². The van der Waals surface area contributed by atoms with Crippen LogP contribution in [0, 0.1) is 5.92 Å². The van der Waals surface area contributed by atoms with Crippen molar-refractivity contribution in [1.29, 1.82) is 0 Å². The van der Waals surface area contributed by atoms with E-state index < -0.39 is 0 Å². The minimum absolute atomic E-state index is 0.171. The molecule has 0 saturated carbocycles. The summed E-state index contributed by atoms with van der Waals surface area (Å²) in [6.07, 6.45) is 2.88. The van der Waals surface area contributed by atoms with Crippen molar-refractivity contribution in [2.45, 2.75) is 33.1 Å². The first-order chi connectivity index (χ1) is 10.5. The van der Waals surface area contributed by atoms with E-state index in [4.69, 9.17) is 11.6 Å². The number of nitrogens with zero attached hydrogens (tertiary/aromatic N) is 2. The molecule has 0 radical (unpaired) electrons. The standard InChI is InChI=1S/C18H21ClN2O/c1-11(2)15-5-4-14(6-13-9-21(10-13)12(3)22)17-8-20-18(19)7-16(15)17/h4-5,7-8,11,13H,6,9-10H2,1-3H3. The highest BCUT2D eigenvalue weighted by atomic mass is 35.5. The van der Waals surface area contributed by atoms with Gasteiger partial charge >= 0.3 is 0 Å². The second-order valence-corrected chi connectivity index (χ2v) is 6.90. The summed E-state index contributed by atoms with van der Waals surface area (Å²) >= 11 is 6.09.